The predicted molar refractivity (Wildman–Crippen MR) is 157 cm³/mol. The first-order valence-corrected chi connectivity index (χ1v) is 13.3. The highest BCUT2D eigenvalue weighted by Crippen LogP contribution is 2.62. The maximum absolute atomic E-state index is 2.60. The van der Waals surface area contributed by atoms with Gasteiger partial charge in [0.1, 0.15) is 0 Å². The number of hydrogen-bond acceptors (Lipinski definition) is 4. The lowest BCUT2D eigenvalue weighted by atomic mass is 9.89. The van der Waals surface area contributed by atoms with Gasteiger partial charge in [0.2, 0.25) is 0 Å². The van der Waals surface area contributed by atoms with E-state index in [4.69, 9.17) is 0 Å². The van der Waals surface area contributed by atoms with Gasteiger partial charge in [0, 0.05) is 10.8 Å². The van der Waals surface area contributed by atoms with Crippen molar-refractivity contribution in [3.8, 4) is 0 Å². The fourth-order valence-corrected chi connectivity index (χ4v) is 7.57. The average Bonchev–Trinajstić information content (AvgIpc) is 2.98. The van der Waals surface area contributed by atoms with E-state index in [-0.39, 0.29) is 12.3 Å². The van der Waals surface area contributed by atoms with Gasteiger partial charge < -0.3 is 19.6 Å². The van der Waals surface area contributed by atoms with E-state index in [0.717, 1.165) is 0 Å². The molecule has 4 heterocycles. The maximum atomic E-state index is 2.60. The molecule has 178 valence electrons. The Balaban J connectivity index is 1.43. The molecule has 38 heavy (non-hydrogen) atoms. The molecular weight excluding hydrogens is 464 g/mol. The molecule has 6 aromatic rings. The Labute approximate surface area is 220 Å². The first-order chi connectivity index (χ1) is 18.9. The largest absolute Gasteiger partial charge is 0.314 e. The summed E-state index contributed by atoms with van der Waals surface area (Å²) in [6.45, 7) is 0. The number of fused-ring (bicyclic) bond motifs is 10. The zero-order valence-electron chi connectivity index (χ0n) is 20.5. The number of para-hydroxylation sites is 4. The van der Waals surface area contributed by atoms with Crippen LogP contribution in [-0.4, -0.2) is 12.3 Å². The summed E-state index contributed by atoms with van der Waals surface area (Å²) < 4.78 is 0. The van der Waals surface area contributed by atoms with Crippen molar-refractivity contribution in [3.63, 3.8) is 0 Å². The van der Waals surface area contributed by atoms with Gasteiger partial charge in [-0.3, -0.25) is 0 Å². The van der Waals surface area contributed by atoms with Crippen LogP contribution in [0.2, 0.25) is 0 Å². The summed E-state index contributed by atoms with van der Waals surface area (Å²) in [6, 6.07) is 44.9. The highest BCUT2D eigenvalue weighted by Gasteiger charge is 2.55. The molecule has 0 bridgehead atoms. The summed E-state index contributed by atoms with van der Waals surface area (Å²) >= 11 is 0. The molecule has 0 fully saturated rings. The van der Waals surface area contributed by atoms with Crippen molar-refractivity contribution in [2.24, 2.45) is 0 Å². The molecule has 0 saturated heterocycles. The van der Waals surface area contributed by atoms with Crippen molar-refractivity contribution in [2.75, 3.05) is 19.6 Å². The van der Waals surface area contributed by atoms with Gasteiger partial charge in [-0.15, -0.1) is 0 Å². The summed E-state index contributed by atoms with van der Waals surface area (Å²) in [7, 11) is 0. The molecule has 0 saturated carbocycles. The quantitative estimate of drug-likeness (QED) is 0.213. The average molecular weight is 487 g/mol. The van der Waals surface area contributed by atoms with Gasteiger partial charge >= 0.3 is 0 Å². The number of hydrogen-bond donors (Lipinski definition) is 0. The third-order valence-corrected chi connectivity index (χ3v) is 8.89. The van der Waals surface area contributed by atoms with Crippen LogP contribution >= 0.6 is 0 Å². The van der Waals surface area contributed by atoms with Crippen LogP contribution in [-0.2, 0) is 0 Å². The number of rotatable bonds is 0. The van der Waals surface area contributed by atoms with Gasteiger partial charge in [0.05, 0.1) is 45.5 Å². The highest BCUT2D eigenvalue weighted by atomic mass is 15.6. The first kappa shape index (κ1) is 19.2. The van der Waals surface area contributed by atoms with Gasteiger partial charge in [-0.1, -0.05) is 72.8 Å². The molecule has 0 aliphatic carbocycles. The molecule has 0 radical (unpaired) electrons. The van der Waals surface area contributed by atoms with Crippen molar-refractivity contribution in [1.82, 2.24) is 0 Å². The third-order valence-electron chi connectivity index (χ3n) is 8.89. The monoisotopic (exact) mass is 486 g/mol. The Morgan fingerprint density at radius 1 is 0.289 bits per heavy atom. The van der Waals surface area contributed by atoms with E-state index < -0.39 is 0 Å². The second kappa shape index (κ2) is 6.48. The third kappa shape index (κ3) is 2.04. The fourth-order valence-electron chi connectivity index (χ4n) is 7.57. The smallest absolute Gasteiger partial charge is 0.151 e. The molecule has 0 atom stereocenters. The SMILES string of the molecule is c1ccc2c(c1)N1c3cccc4cccc(c34)N3c4ccccc4N4c5cccc6cccc(c56)N2C4C13. The topological polar surface area (TPSA) is 13.0 Å². The molecule has 4 heteroatoms. The van der Waals surface area contributed by atoms with Gasteiger partial charge in [-0.2, -0.15) is 0 Å². The van der Waals surface area contributed by atoms with Crippen LogP contribution < -0.4 is 19.6 Å². The van der Waals surface area contributed by atoms with Gasteiger partial charge in [-0.25, -0.2) is 0 Å². The first-order valence-electron chi connectivity index (χ1n) is 13.3. The Bertz CT molecular complexity index is 1720. The van der Waals surface area contributed by atoms with Crippen molar-refractivity contribution in [3.05, 3.63) is 121 Å². The van der Waals surface area contributed by atoms with Crippen molar-refractivity contribution in [1.29, 1.82) is 0 Å². The summed E-state index contributed by atoms with van der Waals surface area (Å²) in [5, 5.41) is 5.18. The molecule has 4 aliphatic rings. The van der Waals surface area contributed by atoms with Crippen LogP contribution in [0.4, 0.5) is 45.5 Å². The summed E-state index contributed by atoms with van der Waals surface area (Å²) in [5.74, 6) is 0. The number of benzene rings is 6. The minimum Gasteiger partial charge on any atom is -0.314 e. The minimum atomic E-state index is 0.0453. The summed E-state index contributed by atoms with van der Waals surface area (Å²) in [5.41, 5.74) is 10.1. The molecule has 0 spiro atoms. The summed E-state index contributed by atoms with van der Waals surface area (Å²) in [4.78, 5) is 10.4. The van der Waals surface area contributed by atoms with Crippen molar-refractivity contribution < 1.29 is 0 Å². The second-order valence-corrected chi connectivity index (χ2v) is 10.6. The lowest BCUT2D eigenvalue weighted by molar-refractivity contribution is 0.483. The van der Waals surface area contributed by atoms with Crippen LogP contribution in [0.15, 0.2) is 121 Å². The lowest BCUT2D eigenvalue weighted by Gasteiger charge is -2.63. The zero-order valence-corrected chi connectivity index (χ0v) is 20.5. The standard InChI is InChI=1S/C34H22N4/c1-2-14-24-23(13-1)35-27-17-5-9-21-10-7-19-29(31(21)27)37-25-15-3-4-16-26(25)38-30-20-8-12-22-11-6-18-28(32(22)30)36(24)34(38)33(35)37/h1-20,33-34H. The van der Waals surface area contributed by atoms with E-state index in [0.29, 0.717) is 0 Å². The number of nitrogens with zero attached hydrogens (tertiary/aromatic N) is 4. The van der Waals surface area contributed by atoms with Crippen molar-refractivity contribution in [2.45, 2.75) is 12.3 Å². The maximum Gasteiger partial charge on any atom is 0.151 e. The summed E-state index contributed by atoms with van der Waals surface area (Å²) in [6.07, 6.45) is 0.0906. The Hall–Kier alpha value is -4.96. The van der Waals surface area contributed by atoms with E-state index in [1.54, 1.807) is 0 Å². The van der Waals surface area contributed by atoms with E-state index in [1.165, 1.54) is 67.0 Å². The van der Waals surface area contributed by atoms with E-state index in [1.807, 2.05) is 0 Å². The van der Waals surface area contributed by atoms with Crippen LogP contribution in [0.1, 0.15) is 0 Å². The minimum absolute atomic E-state index is 0.0453. The molecule has 6 aromatic carbocycles. The zero-order chi connectivity index (χ0) is 24.5. The molecular formula is C34H22N4. The molecule has 10 rings (SSSR count). The van der Waals surface area contributed by atoms with E-state index in [9.17, 15) is 0 Å². The normalized spacial score (nSPS) is 19.4. The van der Waals surface area contributed by atoms with Crippen LogP contribution in [0.3, 0.4) is 0 Å². The Morgan fingerprint density at radius 3 is 0.842 bits per heavy atom. The molecule has 4 nitrogen and oxygen atoms in total. The van der Waals surface area contributed by atoms with E-state index in [2.05, 4.69) is 141 Å². The van der Waals surface area contributed by atoms with Crippen LogP contribution in [0.25, 0.3) is 21.5 Å². The molecule has 0 unspecified atom stereocenters. The fraction of sp³-hybridized carbons (Fsp3) is 0.0588. The van der Waals surface area contributed by atoms with Gasteiger partial charge in [-0.05, 0) is 59.3 Å². The lowest BCUT2D eigenvalue weighted by Crippen LogP contribution is -2.69. The molecule has 0 N–H and O–H groups in total. The highest BCUT2D eigenvalue weighted by molar-refractivity contribution is 6.15. The van der Waals surface area contributed by atoms with Gasteiger partial charge in [0.15, 0.2) is 12.3 Å². The van der Waals surface area contributed by atoms with E-state index >= 15 is 0 Å². The van der Waals surface area contributed by atoms with Crippen LogP contribution in [0, 0.1) is 0 Å². The molecule has 4 aliphatic heterocycles. The van der Waals surface area contributed by atoms with Crippen molar-refractivity contribution >= 4 is 67.0 Å². The second-order valence-electron chi connectivity index (χ2n) is 10.6. The number of anilines is 8. The molecule has 0 amide bonds. The van der Waals surface area contributed by atoms with Gasteiger partial charge in [0.25, 0.3) is 0 Å². The molecule has 0 aromatic heterocycles. The Kier molecular flexibility index (Phi) is 3.27. The Morgan fingerprint density at radius 2 is 0.553 bits per heavy atom. The predicted octanol–water partition coefficient (Wildman–Crippen LogP) is 8.55. The van der Waals surface area contributed by atoms with Crippen LogP contribution in [0.5, 0.6) is 0 Å².